The number of primary amides is 1. The quantitative estimate of drug-likeness (QED) is 0.823. The van der Waals surface area contributed by atoms with Gasteiger partial charge in [0, 0.05) is 25.2 Å². The van der Waals surface area contributed by atoms with Crippen LogP contribution in [-0.2, 0) is 16.1 Å². The number of carbonyl (C=O) groups is 2. The van der Waals surface area contributed by atoms with Gasteiger partial charge in [-0.05, 0) is 38.1 Å². The highest BCUT2D eigenvalue weighted by Crippen LogP contribution is 2.18. The number of hydrogen-bond acceptors (Lipinski definition) is 6. The molecule has 0 atom stereocenters. The van der Waals surface area contributed by atoms with Gasteiger partial charge in [-0.3, -0.25) is 19.5 Å². The third-order valence-corrected chi connectivity index (χ3v) is 4.65. The van der Waals surface area contributed by atoms with Gasteiger partial charge < -0.3 is 15.2 Å². The Bertz CT molecular complexity index is 753. The average molecular weight is 357 g/mol. The van der Waals surface area contributed by atoms with Gasteiger partial charge in [0.25, 0.3) is 0 Å². The average Bonchev–Trinajstić information content (AvgIpc) is 3.11. The lowest BCUT2D eigenvalue weighted by Gasteiger charge is -2.31. The first-order valence-corrected chi connectivity index (χ1v) is 8.65. The van der Waals surface area contributed by atoms with Crippen LogP contribution in [0.1, 0.15) is 18.6 Å². The first kappa shape index (κ1) is 18.1. The second kappa shape index (κ2) is 8.09. The van der Waals surface area contributed by atoms with E-state index in [-0.39, 0.29) is 17.7 Å². The fourth-order valence-corrected chi connectivity index (χ4v) is 3.03. The van der Waals surface area contributed by atoms with Crippen molar-refractivity contribution in [2.45, 2.75) is 19.4 Å². The summed E-state index contributed by atoms with van der Waals surface area (Å²) in [5, 5.41) is 4.01. The number of nitrogens with two attached hydrogens (primary N) is 1. The topological polar surface area (TPSA) is 106 Å². The Hall–Kier alpha value is -2.74. The highest BCUT2D eigenvalue weighted by Gasteiger charge is 2.25. The number of carbonyl (C=O) groups excluding carboxylic acids is 2. The smallest absolute Gasteiger partial charge is 0.236 e. The van der Waals surface area contributed by atoms with Gasteiger partial charge in [0.05, 0.1) is 18.8 Å². The van der Waals surface area contributed by atoms with Gasteiger partial charge in [-0.2, -0.15) is 0 Å². The number of amides is 2. The van der Waals surface area contributed by atoms with E-state index in [1.165, 1.54) is 0 Å². The molecular formula is C18H23N5O3. The Morgan fingerprint density at radius 3 is 2.73 bits per heavy atom. The van der Waals surface area contributed by atoms with Crippen molar-refractivity contribution in [1.29, 1.82) is 0 Å². The maximum Gasteiger partial charge on any atom is 0.236 e. The first-order valence-electron chi connectivity index (χ1n) is 8.65. The summed E-state index contributed by atoms with van der Waals surface area (Å²) in [6, 6.07) is 7.37. The van der Waals surface area contributed by atoms with Crippen LogP contribution in [0.25, 0.3) is 11.4 Å². The second-order valence-corrected chi connectivity index (χ2v) is 6.60. The first-order chi connectivity index (χ1) is 12.5. The van der Waals surface area contributed by atoms with Gasteiger partial charge >= 0.3 is 0 Å². The summed E-state index contributed by atoms with van der Waals surface area (Å²) in [5.74, 6) is 0.285. The molecule has 1 aliphatic heterocycles. The number of hydrogen-bond donors (Lipinski definition) is 1. The molecule has 8 heteroatoms. The van der Waals surface area contributed by atoms with E-state index in [4.69, 9.17) is 10.3 Å². The molecule has 2 amide bonds. The molecule has 0 aliphatic carbocycles. The van der Waals surface area contributed by atoms with E-state index in [1.54, 1.807) is 24.2 Å². The van der Waals surface area contributed by atoms with Crippen molar-refractivity contribution in [3.63, 3.8) is 0 Å². The minimum absolute atomic E-state index is 0.00156. The van der Waals surface area contributed by atoms with Crippen molar-refractivity contribution in [3.8, 4) is 11.4 Å². The van der Waals surface area contributed by atoms with Crippen molar-refractivity contribution in [2.24, 2.45) is 11.7 Å². The lowest BCUT2D eigenvalue weighted by Crippen LogP contribution is -2.43. The van der Waals surface area contributed by atoms with Crippen LogP contribution in [0.2, 0.25) is 0 Å². The number of likely N-dealkylation sites (N-methyl/N-ethyl adjacent to an activating group) is 1. The number of aromatic nitrogens is 2. The van der Waals surface area contributed by atoms with E-state index < -0.39 is 0 Å². The molecule has 1 saturated heterocycles. The molecule has 1 aliphatic rings. The van der Waals surface area contributed by atoms with Gasteiger partial charge in [0.15, 0.2) is 5.76 Å². The summed E-state index contributed by atoms with van der Waals surface area (Å²) in [6.07, 6.45) is 3.12. The van der Waals surface area contributed by atoms with Gasteiger partial charge in [-0.1, -0.05) is 11.2 Å². The van der Waals surface area contributed by atoms with Gasteiger partial charge in [-0.15, -0.1) is 0 Å². The Labute approximate surface area is 151 Å². The van der Waals surface area contributed by atoms with Crippen molar-refractivity contribution in [1.82, 2.24) is 19.9 Å². The molecule has 138 valence electrons. The van der Waals surface area contributed by atoms with Crippen molar-refractivity contribution < 1.29 is 14.1 Å². The summed E-state index contributed by atoms with van der Waals surface area (Å²) >= 11 is 0. The van der Waals surface area contributed by atoms with Crippen LogP contribution in [0.5, 0.6) is 0 Å². The molecule has 3 rings (SSSR count). The SMILES string of the molecule is CN(Cc1cc(-c2ccccn2)no1)C(=O)CN1CCC(C(N)=O)CC1. The van der Waals surface area contributed by atoms with Crippen molar-refractivity contribution >= 4 is 11.8 Å². The lowest BCUT2D eigenvalue weighted by atomic mass is 9.96. The van der Waals surface area contributed by atoms with E-state index >= 15 is 0 Å². The molecule has 1 fully saturated rings. The molecule has 0 aromatic carbocycles. The lowest BCUT2D eigenvalue weighted by molar-refractivity contribution is -0.132. The second-order valence-electron chi connectivity index (χ2n) is 6.60. The van der Waals surface area contributed by atoms with Gasteiger partial charge in [0.1, 0.15) is 5.69 Å². The summed E-state index contributed by atoms with van der Waals surface area (Å²) < 4.78 is 5.32. The Kier molecular flexibility index (Phi) is 5.62. The maximum absolute atomic E-state index is 12.4. The number of pyridine rings is 1. The molecule has 26 heavy (non-hydrogen) atoms. The van der Waals surface area contributed by atoms with Crippen LogP contribution >= 0.6 is 0 Å². The van der Waals surface area contributed by atoms with E-state index in [1.807, 2.05) is 18.2 Å². The predicted octanol–water partition coefficient (Wildman–Crippen LogP) is 0.892. The summed E-state index contributed by atoms with van der Waals surface area (Å²) in [4.78, 5) is 31.5. The van der Waals surface area contributed by atoms with E-state index in [2.05, 4.69) is 15.0 Å². The summed E-state index contributed by atoms with van der Waals surface area (Å²) in [7, 11) is 1.74. The van der Waals surface area contributed by atoms with Crippen LogP contribution in [0, 0.1) is 5.92 Å². The number of likely N-dealkylation sites (tertiary alicyclic amines) is 1. The zero-order chi connectivity index (χ0) is 18.5. The zero-order valence-electron chi connectivity index (χ0n) is 14.8. The molecule has 2 aromatic rings. The standard InChI is InChI=1S/C18H23N5O3/c1-22(17(24)12-23-8-5-13(6-9-23)18(19)25)11-14-10-16(21-26-14)15-4-2-3-7-20-15/h2-4,7,10,13H,5-6,8-9,11-12H2,1H3,(H2,19,25). The Morgan fingerprint density at radius 1 is 1.31 bits per heavy atom. The van der Waals surface area contributed by atoms with Crippen LogP contribution in [-0.4, -0.2) is 58.4 Å². The molecule has 2 N–H and O–H groups in total. The molecular weight excluding hydrogens is 334 g/mol. The number of rotatable bonds is 6. The van der Waals surface area contributed by atoms with E-state index in [0.29, 0.717) is 50.5 Å². The summed E-state index contributed by atoms with van der Waals surface area (Å²) in [6.45, 7) is 2.08. The molecule has 0 spiro atoms. The normalized spacial score (nSPS) is 15.7. The highest BCUT2D eigenvalue weighted by atomic mass is 16.5. The Morgan fingerprint density at radius 2 is 2.08 bits per heavy atom. The third kappa shape index (κ3) is 4.45. The van der Waals surface area contributed by atoms with Crippen molar-refractivity contribution in [3.05, 3.63) is 36.2 Å². The monoisotopic (exact) mass is 357 g/mol. The van der Waals surface area contributed by atoms with Crippen LogP contribution < -0.4 is 5.73 Å². The van der Waals surface area contributed by atoms with Gasteiger partial charge in [-0.25, -0.2) is 0 Å². The predicted molar refractivity (Wildman–Crippen MR) is 94.6 cm³/mol. The third-order valence-electron chi connectivity index (χ3n) is 4.65. The molecule has 3 heterocycles. The summed E-state index contributed by atoms with van der Waals surface area (Å²) in [5.41, 5.74) is 6.72. The van der Waals surface area contributed by atoms with Crippen LogP contribution in [0.15, 0.2) is 35.0 Å². The van der Waals surface area contributed by atoms with E-state index in [9.17, 15) is 9.59 Å². The number of nitrogens with zero attached hydrogens (tertiary/aromatic N) is 4. The largest absolute Gasteiger partial charge is 0.369 e. The van der Waals surface area contributed by atoms with Gasteiger partial charge in [0.2, 0.25) is 11.8 Å². The minimum atomic E-state index is -0.248. The molecule has 8 nitrogen and oxygen atoms in total. The maximum atomic E-state index is 12.4. The zero-order valence-corrected chi connectivity index (χ0v) is 14.8. The minimum Gasteiger partial charge on any atom is -0.369 e. The Balaban J connectivity index is 1.50. The fourth-order valence-electron chi connectivity index (χ4n) is 3.03. The molecule has 0 saturated carbocycles. The molecule has 0 bridgehead atoms. The van der Waals surface area contributed by atoms with Crippen LogP contribution in [0.4, 0.5) is 0 Å². The molecule has 2 aromatic heterocycles. The fraction of sp³-hybridized carbons (Fsp3) is 0.444. The number of piperidine rings is 1. The molecule has 0 unspecified atom stereocenters. The van der Waals surface area contributed by atoms with Crippen LogP contribution in [0.3, 0.4) is 0 Å². The molecule has 0 radical (unpaired) electrons. The highest BCUT2D eigenvalue weighted by molar-refractivity contribution is 5.78. The van der Waals surface area contributed by atoms with E-state index in [0.717, 1.165) is 5.69 Å². The van der Waals surface area contributed by atoms with Crippen molar-refractivity contribution in [2.75, 3.05) is 26.7 Å².